The molecule has 2 N–H and O–H groups in total. The van der Waals surface area contributed by atoms with Gasteiger partial charge >= 0.3 is 5.97 Å². The summed E-state index contributed by atoms with van der Waals surface area (Å²) >= 11 is 0. The predicted octanol–water partition coefficient (Wildman–Crippen LogP) is -0.106. The fraction of sp³-hybridized carbons (Fsp3) is 0.429. The normalized spacial score (nSPS) is 32.2. The zero-order valence-corrected chi connectivity index (χ0v) is 6.41. The molecule has 1 saturated carbocycles. The van der Waals surface area contributed by atoms with Gasteiger partial charge in [-0.1, -0.05) is 6.08 Å². The van der Waals surface area contributed by atoms with Crippen molar-refractivity contribution in [1.29, 1.82) is 0 Å². The second kappa shape index (κ2) is 2.66. The summed E-state index contributed by atoms with van der Waals surface area (Å²) in [6.07, 6.45) is 1.87. The van der Waals surface area contributed by atoms with E-state index in [0.717, 1.165) is 0 Å². The number of hydrogen-bond donors (Lipinski definition) is 2. The number of carboxylic acid groups (broad SMARTS) is 1. The summed E-state index contributed by atoms with van der Waals surface area (Å²) in [5.41, 5.74) is -1.19. The van der Waals surface area contributed by atoms with Crippen LogP contribution in [0.2, 0.25) is 0 Å². The van der Waals surface area contributed by atoms with E-state index in [1.165, 1.54) is 6.08 Å². The Kier molecular flexibility index (Phi) is 1.96. The monoisotopic (exact) mass is 165 g/mol. The van der Waals surface area contributed by atoms with Crippen molar-refractivity contribution in [3.63, 3.8) is 0 Å². The number of carboxylic acids is 1. The molecular formula is C7H8BNO3. The highest BCUT2D eigenvalue weighted by atomic mass is 16.4. The van der Waals surface area contributed by atoms with Gasteiger partial charge in [-0.15, -0.1) is 6.58 Å². The third-order valence-corrected chi connectivity index (χ3v) is 2.03. The average molecular weight is 165 g/mol. The molecule has 1 fully saturated rings. The minimum atomic E-state index is -1.19. The molecular weight excluding hydrogens is 157 g/mol. The van der Waals surface area contributed by atoms with E-state index in [4.69, 9.17) is 13.0 Å². The third kappa shape index (κ3) is 1.22. The van der Waals surface area contributed by atoms with E-state index in [9.17, 15) is 9.59 Å². The fourth-order valence-corrected chi connectivity index (χ4v) is 1.24. The Morgan fingerprint density at radius 1 is 1.75 bits per heavy atom. The van der Waals surface area contributed by atoms with Gasteiger partial charge in [0.2, 0.25) is 7.85 Å². The van der Waals surface area contributed by atoms with E-state index in [1.807, 2.05) is 0 Å². The molecule has 0 spiro atoms. The Morgan fingerprint density at radius 2 is 2.33 bits per heavy atom. The SMILES string of the molecule is [B]C(=O)N[C@]1(C(=O)O)C[C@H]1C=C. The summed E-state index contributed by atoms with van der Waals surface area (Å²) in [7, 11) is 4.83. The van der Waals surface area contributed by atoms with Gasteiger partial charge in [0.05, 0.1) is 0 Å². The molecule has 5 heteroatoms. The molecule has 1 rings (SSSR count). The van der Waals surface area contributed by atoms with Gasteiger partial charge in [-0.3, -0.25) is 4.79 Å². The Bertz CT molecular complexity index is 253. The van der Waals surface area contributed by atoms with Crippen molar-refractivity contribution in [3.05, 3.63) is 12.7 Å². The van der Waals surface area contributed by atoms with E-state index in [-0.39, 0.29) is 5.92 Å². The van der Waals surface area contributed by atoms with E-state index in [2.05, 4.69) is 11.9 Å². The van der Waals surface area contributed by atoms with Crippen molar-refractivity contribution in [1.82, 2.24) is 5.32 Å². The highest BCUT2D eigenvalue weighted by Gasteiger charge is 2.59. The molecule has 0 unspecified atom stereocenters. The Labute approximate surface area is 71.1 Å². The second-order valence-corrected chi connectivity index (χ2v) is 2.81. The van der Waals surface area contributed by atoms with Crippen molar-refractivity contribution in [2.24, 2.45) is 5.92 Å². The fourth-order valence-electron chi connectivity index (χ4n) is 1.24. The maximum absolute atomic E-state index is 10.7. The van der Waals surface area contributed by atoms with Crippen molar-refractivity contribution >= 4 is 19.6 Å². The zero-order chi connectivity index (χ0) is 9.35. The van der Waals surface area contributed by atoms with Gasteiger partial charge in [-0.2, -0.15) is 0 Å². The minimum absolute atomic E-state index is 0.206. The van der Waals surface area contributed by atoms with Crippen LogP contribution in [0.1, 0.15) is 6.42 Å². The topological polar surface area (TPSA) is 66.4 Å². The molecule has 1 amide bonds. The van der Waals surface area contributed by atoms with Gasteiger partial charge in [0, 0.05) is 5.92 Å². The Balaban J connectivity index is 2.71. The van der Waals surface area contributed by atoms with Crippen LogP contribution in [0.3, 0.4) is 0 Å². The largest absolute Gasteiger partial charge is 0.479 e. The first-order valence-corrected chi connectivity index (χ1v) is 3.46. The first-order valence-electron chi connectivity index (χ1n) is 3.46. The summed E-state index contributed by atoms with van der Waals surface area (Å²) in [6, 6.07) is 0. The summed E-state index contributed by atoms with van der Waals surface area (Å²) in [5.74, 6) is -2.09. The maximum Gasteiger partial charge on any atom is 0.330 e. The lowest BCUT2D eigenvalue weighted by Gasteiger charge is -2.11. The maximum atomic E-state index is 10.7. The number of nitrogens with one attached hydrogen (secondary N) is 1. The minimum Gasteiger partial charge on any atom is -0.479 e. The molecule has 0 bridgehead atoms. The first-order chi connectivity index (χ1) is 5.53. The first kappa shape index (κ1) is 8.84. The number of rotatable bonds is 3. The number of amides is 1. The van der Waals surface area contributed by atoms with Crippen LogP contribution in [-0.2, 0) is 4.79 Å². The van der Waals surface area contributed by atoms with Gasteiger partial charge in [0.1, 0.15) is 5.54 Å². The summed E-state index contributed by atoms with van der Waals surface area (Å²) in [6.45, 7) is 3.45. The van der Waals surface area contributed by atoms with Crippen LogP contribution in [0.4, 0.5) is 4.79 Å². The average Bonchev–Trinajstić information content (AvgIpc) is 2.62. The van der Waals surface area contributed by atoms with Gasteiger partial charge in [-0.05, 0) is 6.42 Å². The van der Waals surface area contributed by atoms with Crippen LogP contribution in [0.5, 0.6) is 0 Å². The van der Waals surface area contributed by atoms with E-state index in [1.54, 1.807) is 0 Å². The number of carbonyl (C=O) groups excluding carboxylic acids is 1. The van der Waals surface area contributed by atoms with Crippen molar-refractivity contribution in [3.8, 4) is 0 Å². The molecule has 2 radical (unpaired) electrons. The standard InChI is InChI=1S/C7H8BNO3/c1-2-4-3-7(4,5(10)11)9-6(8)12/h2,4H,1,3H2,(H,9,12)(H,10,11)/t4-,7-/m1/s1. The van der Waals surface area contributed by atoms with E-state index < -0.39 is 17.3 Å². The Morgan fingerprint density at radius 3 is 2.58 bits per heavy atom. The smallest absolute Gasteiger partial charge is 0.330 e. The summed E-state index contributed by atoms with van der Waals surface area (Å²) < 4.78 is 0. The lowest BCUT2D eigenvalue weighted by molar-refractivity contribution is -0.140. The quantitative estimate of drug-likeness (QED) is 0.453. The van der Waals surface area contributed by atoms with Crippen LogP contribution in [0, 0.1) is 5.92 Å². The van der Waals surface area contributed by atoms with Crippen molar-refractivity contribution in [2.45, 2.75) is 12.0 Å². The van der Waals surface area contributed by atoms with Crippen LogP contribution >= 0.6 is 0 Å². The molecule has 2 atom stereocenters. The van der Waals surface area contributed by atoms with Crippen molar-refractivity contribution in [2.75, 3.05) is 0 Å². The molecule has 0 aromatic rings. The zero-order valence-electron chi connectivity index (χ0n) is 6.41. The predicted molar refractivity (Wildman–Crippen MR) is 43.0 cm³/mol. The van der Waals surface area contributed by atoms with Gasteiger partial charge in [-0.25, -0.2) is 4.79 Å². The lowest BCUT2D eigenvalue weighted by Crippen LogP contribution is -2.44. The van der Waals surface area contributed by atoms with Gasteiger partial charge in [0.25, 0.3) is 0 Å². The highest BCUT2D eigenvalue weighted by Crippen LogP contribution is 2.44. The van der Waals surface area contributed by atoms with Crippen LogP contribution in [0.15, 0.2) is 12.7 Å². The molecule has 1 aliphatic carbocycles. The second-order valence-electron chi connectivity index (χ2n) is 2.81. The number of carbonyl (C=O) groups is 2. The molecule has 1 aliphatic rings. The lowest BCUT2D eigenvalue weighted by atomic mass is 10.1. The van der Waals surface area contributed by atoms with Crippen LogP contribution in [-0.4, -0.2) is 30.3 Å². The summed E-state index contributed by atoms with van der Waals surface area (Å²) in [5, 5.41) is 10.9. The molecule has 0 aromatic heterocycles. The number of hydrogen-bond acceptors (Lipinski definition) is 2. The van der Waals surface area contributed by atoms with Gasteiger partial charge < -0.3 is 10.4 Å². The van der Waals surface area contributed by atoms with Crippen LogP contribution in [0.25, 0.3) is 0 Å². The van der Waals surface area contributed by atoms with Crippen molar-refractivity contribution < 1.29 is 14.7 Å². The molecule has 62 valence electrons. The molecule has 0 aromatic carbocycles. The number of aliphatic carboxylic acids is 1. The van der Waals surface area contributed by atoms with E-state index in [0.29, 0.717) is 6.42 Å². The molecule has 0 saturated heterocycles. The van der Waals surface area contributed by atoms with E-state index >= 15 is 0 Å². The Hall–Kier alpha value is -1.26. The van der Waals surface area contributed by atoms with Gasteiger partial charge in [0.15, 0.2) is 5.81 Å². The molecule has 0 heterocycles. The highest BCUT2D eigenvalue weighted by molar-refractivity contribution is 6.57. The molecule has 12 heavy (non-hydrogen) atoms. The molecule has 0 aliphatic heterocycles. The molecule has 4 nitrogen and oxygen atoms in total. The van der Waals surface area contributed by atoms with Crippen LogP contribution < -0.4 is 5.32 Å². The third-order valence-electron chi connectivity index (χ3n) is 2.03. The summed E-state index contributed by atoms with van der Waals surface area (Å²) in [4.78, 5) is 21.1.